The highest BCUT2D eigenvalue weighted by atomic mass is 35.5. The fourth-order valence-electron chi connectivity index (χ4n) is 2.52. The number of nitrogens with one attached hydrogen (secondary N) is 1. The molecule has 0 bridgehead atoms. The molecule has 1 heterocycles. The van der Waals surface area contributed by atoms with Crippen LogP contribution in [0.15, 0.2) is 18.2 Å². The van der Waals surface area contributed by atoms with Crippen LogP contribution in [0, 0.1) is 12.8 Å². The summed E-state index contributed by atoms with van der Waals surface area (Å²) >= 11 is 5.95. The third-order valence-corrected chi connectivity index (χ3v) is 3.73. The maximum atomic E-state index is 5.95. The fraction of sp³-hybridized carbons (Fsp3) is 0.571. The quantitative estimate of drug-likeness (QED) is 0.887. The first kappa shape index (κ1) is 12.7. The minimum absolute atomic E-state index is 0.767. The summed E-state index contributed by atoms with van der Waals surface area (Å²) in [5.41, 5.74) is 2.43. The van der Waals surface area contributed by atoms with Crippen LogP contribution in [0.4, 0.5) is 5.69 Å². The van der Waals surface area contributed by atoms with Gasteiger partial charge in [0.05, 0.1) is 0 Å². The van der Waals surface area contributed by atoms with Gasteiger partial charge < -0.3 is 10.2 Å². The molecule has 1 aromatic carbocycles. The zero-order chi connectivity index (χ0) is 12.3. The van der Waals surface area contributed by atoms with Gasteiger partial charge in [-0.1, -0.05) is 11.6 Å². The van der Waals surface area contributed by atoms with E-state index >= 15 is 0 Å². The molecule has 2 nitrogen and oxygen atoms in total. The molecule has 1 fully saturated rings. The van der Waals surface area contributed by atoms with Crippen molar-refractivity contribution in [3.63, 3.8) is 0 Å². The number of likely N-dealkylation sites (tertiary alicyclic amines) is 1. The summed E-state index contributed by atoms with van der Waals surface area (Å²) < 4.78 is 0. The molecule has 0 radical (unpaired) electrons. The molecular formula is C14H21ClN2. The van der Waals surface area contributed by atoms with Crippen molar-refractivity contribution in [3.05, 3.63) is 28.8 Å². The van der Waals surface area contributed by atoms with Gasteiger partial charge in [-0.3, -0.25) is 0 Å². The van der Waals surface area contributed by atoms with Crippen LogP contribution in [0.2, 0.25) is 5.02 Å². The van der Waals surface area contributed by atoms with E-state index in [-0.39, 0.29) is 0 Å². The summed E-state index contributed by atoms with van der Waals surface area (Å²) in [5, 5.41) is 4.36. The Hall–Kier alpha value is -0.730. The van der Waals surface area contributed by atoms with Crippen LogP contribution < -0.4 is 5.32 Å². The van der Waals surface area contributed by atoms with E-state index in [1.54, 1.807) is 0 Å². The summed E-state index contributed by atoms with van der Waals surface area (Å²) in [4.78, 5) is 2.42. The molecule has 0 aromatic heterocycles. The minimum atomic E-state index is 0.767. The van der Waals surface area contributed by atoms with E-state index in [9.17, 15) is 0 Å². The van der Waals surface area contributed by atoms with Crippen LogP contribution in [0.5, 0.6) is 0 Å². The van der Waals surface area contributed by atoms with Gasteiger partial charge in [0.1, 0.15) is 0 Å². The van der Waals surface area contributed by atoms with Crippen LogP contribution in [0.25, 0.3) is 0 Å². The highest BCUT2D eigenvalue weighted by Gasteiger charge is 2.16. The molecule has 0 spiro atoms. The van der Waals surface area contributed by atoms with E-state index < -0.39 is 0 Å². The molecule has 0 aliphatic carbocycles. The Bertz CT molecular complexity index is 378. The largest absolute Gasteiger partial charge is 0.385 e. The maximum absolute atomic E-state index is 5.95. The Labute approximate surface area is 109 Å². The number of benzene rings is 1. The van der Waals surface area contributed by atoms with E-state index in [4.69, 9.17) is 11.6 Å². The van der Waals surface area contributed by atoms with Crippen molar-refractivity contribution >= 4 is 17.3 Å². The lowest BCUT2D eigenvalue weighted by atomic mass is 9.98. The molecule has 2 rings (SSSR count). The van der Waals surface area contributed by atoms with Gasteiger partial charge in [-0.05, 0) is 63.0 Å². The summed E-state index contributed by atoms with van der Waals surface area (Å²) in [6, 6.07) is 6.03. The first-order valence-corrected chi connectivity index (χ1v) is 6.71. The van der Waals surface area contributed by atoms with Gasteiger partial charge in [0.25, 0.3) is 0 Å². The number of anilines is 1. The highest BCUT2D eigenvalue weighted by Crippen LogP contribution is 2.21. The van der Waals surface area contributed by atoms with Gasteiger partial charge in [0, 0.05) is 23.8 Å². The Morgan fingerprint density at radius 1 is 1.47 bits per heavy atom. The molecule has 1 unspecified atom stereocenters. The monoisotopic (exact) mass is 252 g/mol. The standard InChI is InChI=1S/C14H21ClN2/c1-11-8-13(15)5-6-14(11)16-9-12-4-3-7-17(2)10-12/h5-6,8,12,16H,3-4,7,9-10H2,1-2H3. The summed E-state index contributed by atoms with van der Waals surface area (Å²) in [7, 11) is 2.21. The number of nitrogens with zero attached hydrogens (tertiary/aromatic N) is 1. The van der Waals surface area contributed by atoms with Crippen molar-refractivity contribution in [1.82, 2.24) is 4.90 Å². The van der Waals surface area contributed by atoms with Crippen LogP contribution in [-0.2, 0) is 0 Å². The maximum Gasteiger partial charge on any atom is 0.0410 e. The number of hydrogen-bond donors (Lipinski definition) is 1. The van der Waals surface area contributed by atoms with Gasteiger partial charge in [-0.2, -0.15) is 0 Å². The van der Waals surface area contributed by atoms with Crippen LogP contribution in [-0.4, -0.2) is 31.6 Å². The lowest BCUT2D eigenvalue weighted by Gasteiger charge is -2.30. The average molecular weight is 253 g/mol. The van der Waals surface area contributed by atoms with E-state index in [0.717, 1.165) is 17.5 Å². The number of aryl methyl sites for hydroxylation is 1. The first-order valence-electron chi connectivity index (χ1n) is 6.33. The molecule has 0 saturated carbocycles. The molecule has 1 aromatic rings. The number of rotatable bonds is 3. The van der Waals surface area contributed by atoms with Crippen LogP contribution >= 0.6 is 11.6 Å². The van der Waals surface area contributed by atoms with E-state index in [2.05, 4.69) is 30.3 Å². The van der Waals surface area contributed by atoms with Crippen molar-refractivity contribution in [3.8, 4) is 0 Å². The van der Waals surface area contributed by atoms with Crippen molar-refractivity contribution in [1.29, 1.82) is 0 Å². The Balaban J connectivity index is 1.88. The molecule has 1 aliphatic heterocycles. The fourth-order valence-corrected chi connectivity index (χ4v) is 2.75. The van der Waals surface area contributed by atoms with Gasteiger partial charge in [-0.15, -0.1) is 0 Å². The highest BCUT2D eigenvalue weighted by molar-refractivity contribution is 6.30. The van der Waals surface area contributed by atoms with Gasteiger partial charge in [0.2, 0.25) is 0 Å². The molecule has 1 atom stereocenters. The van der Waals surface area contributed by atoms with E-state index in [1.807, 2.05) is 12.1 Å². The Morgan fingerprint density at radius 2 is 2.29 bits per heavy atom. The minimum Gasteiger partial charge on any atom is -0.385 e. The third-order valence-electron chi connectivity index (χ3n) is 3.49. The average Bonchev–Trinajstić information content (AvgIpc) is 2.28. The van der Waals surface area contributed by atoms with Gasteiger partial charge >= 0.3 is 0 Å². The van der Waals surface area contributed by atoms with Crippen LogP contribution in [0.1, 0.15) is 18.4 Å². The molecule has 0 amide bonds. The Kier molecular flexibility index (Phi) is 4.30. The third kappa shape index (κ3) is 3.62. The van der Waals surface area contributed by atoms with Crippen molar-refractivity contribution in [2.24, 2.45) is 5.92 Å². The van der Waals surface area contributed by atoms with Gasteiger partial charge in [-0.25, -0.2) is 0 Å². The predicted octanol–water partition coefficient (Wildman–Crippen LogP) is 3.40. The van der Waals surface area contributed by atoms with E-state index in [1.165, 1.54) is 37.2 Å². The van der Waals surface area contributed by atoms with Crippen molar-refractivity contribution in [2.45, 2.75) is 19.8 Å². The van der Waals surface area contributed by atoms with Gasteiger partial charge in [0.15, 0.2) is 0 Å². The zero-order valence-electron chi connectivity index (χ0n) is 10.7. The normalized spacial score (nSPS) is 21.5. The molecule has 1 aliphatic rings. The molecule has 94 valence electrons. The SMILES string of the molecule is Cc1cc(Cl)ccc1NCC1CCCN(C)C1. The lowest BCUT2D eigenvalue weighted by Crippen LogP contribution is -2.35. The smallest absolute Gasteiger partial charge is 0.0410 e. The summed E-state index contributed by atoms with van der Waals surface area (Å²) in [6.07, 6.45) is 2.66. The molecule has 1 N–H and O–H groups in total. The predicted molar refractivity (Wildman–Crippen MR) is 74.9 cm³/mol. The second-order valence-electron chi connectivity index (χ2n) is 5.11. The van der Waals surface area contributed by atoms with Crippen LogP contribution in [0.3, 0.4) is 0 Å². The molecule has 3 heteroatoms. The van der Waals surface area contributed by atoms with E-state index in [0.29, 0.717) is 0 Å². The summed E-state index contributed by atoms with van der Waals surface area (Å²) in [6.45, 7) is 5.62. The molecule has 1 saturated heterocycles. The molecular weight excluding hydrogens is 232 g/mol. The number of hydrogen-bond acceptors (Lipinski definition) is 2. The van der Waals surface area contributed by atoms with Crippen molar-refractivity contribution < 1.29 is 0 Å². The zero-order valence-corrected chi connectivity index (χ0v) is 11.4. The summed E-state index contributed by atoms with van der Waals surface area (Å²) in [5.74, 6) is 0.767. The Morgan fingerprint density at radius 3 is 3.00 bits per heavy atom. The van der Waals surface area contributed by atoms with Crippen molar-refractivity contribution in [2.75, 3.05) is 32.0 Å². The second kappa shape index (κ2) is 5.74. The topological polar surface area (TPSA) is 15.3 Å². The molecule has 17 heavy (non-hydrogen) atoms. The first-order chi connectivity index (χ1) is 8.15. The number of halogens is 1. The number of piperidine rings is 1. The lowest BCUT2D eigenvalue weighted by molar-refractivity contribution is 0.217. The second-order valence-corrected chi connectivity index (χ2v) is 5.55.